The van der Waals surface area contributed by atoms with Gasteiger partial charge in [0.05, 0.1) is 31.7 Å². The molecule has 3 aromatic rings. The van der Waals surface area contributed by atoms with Crippen LogP contribution >= 0.6 is 27.5 Å². The van der Waals surface area contributed by atoms with Gasteiger partial charge in [0.15, 0.2) is 5.52 Å². The van der Waals surface area contributed by atoms with Gasteiger partial charge in [0.25, 0.3) is 5.69 Å². The normalized spacial score (nSPS) is 12.3. The van der Waals surface area contributed by atoms with Gasteiger partial charge in [-0.05, 0) is 19.1 Å². The van der Waals surface area contributed by atoms with Crippen LogP contribution in [0.4, 0.5) is 5.69 Å². The third-order valence-electron chi connectivity index (χ3n) is 3.40. The number of rotatable bonds is 3. The van der Waals surface area contributed by atoms with Gasteiger partial charge in [-0.25, -0.2) is 9.97 Å². The zero-order valence-electron chi connectivity index (χ0n) is 12.0. The van der Waals surface area contributed by atoms with Crippen molar-refractivity contribution in [1.82, 2.24) is 9.97 Å². The summed E-state index contributed by atoms with van der Waals surface area (Å²) >= 11 is 9.78. The van der Waals surface area contributed by atoms with E-state index >= 15 is 0 Å². The molecule has 3 rings (SSSR count). The van der Waals surface area contributed by atoms with E-state index in [1.807, 2.05) is 25.1 Å². The molecule has 0 aliphatic rings. The van der Waals surface area contributed by atoms with E-state index in [1.54, 1.807) is 18.2 Å². The number of para-hydroxylation sites is 1. The SMILES string of the molecule is CC(Br)c1nc2cccc([N+](=O)[O-])c2nc1-c1ccccc1Cl. The highest BCUT2D eigenvalue weighted by Crippen LogP contribution is 2.36. The molecule has 0 bridgehead atoms. The third-order valence-corrected chi connectivity index (χ3v) is 4.17. The number of non-ortho nitro benzene ring substituents is 1. The quantitative estimate of drug-likeness (QED) is 0.344. The van der Waals surface area contributed by atoms with Crippen LogP contribution in [0.3, 0.4) is 0 Å². The number of hydrogen-bond acceptors (Lipinski definition) is 4. The molecule has 0 aliphatic heterocycles. The van der Waals surface area contributed by atoms with Crippen LogP contribution in [0, 0.1) is 10.1 Å². The maximum atomic E-state index is 11.3. The second-order valence-corrected chi connectivity index (χ2v) is 6.74. The molecule has 7 heteroatoms. The number of nitrogens with zero attached hydrogens (tertiary/aromatic N) is 3. The standard InChI is InChI=1S/C16H11BrClN3O2/c1-9(17)14-15(10-5-2-3-6-11(10)18)20-16-12(19-14)7-4-8-13(16)21(22)23/h2-9H,1H3. The highest BCUT2D eigenvalue weighted by molar-refractivity contribution is 9.09. The molecular formula is C16H11BrClN3O2. The Morgan fingerprint density at radius 1 is 1.17 bits per heavy atom. The van der Waals surface area contributed by atoms with E-state index in [4.69, 9.17) is 11.6 Å². The molecule has 0 radical (unpaired) electrons. The van der Waals surface area contributed by atoms with E-state index in [-0.39, 0.29) is 16.0 Å². The second-order valence-electron chi connectivity index (χ2n) is 4.96. The van der Waals surface area contributed by atoms with E-state index in [0.717, 1.165) is 0 Å². The maximum Gasteiger partial charge on any atom is 0.297 e. The van der Waals surface area contributed by atoms with Crippen molar-refractivity contribution in [2.45, 2.75) is 11.8 Å². The van der Waals surface area contributed by atoms with Crippen molar-refractivity contribution in [3.05, 3.63) is 63.3 Å². The molecule has 0 amide bonds. The van der Waals surface area contributed by atoms with Crippen molar-refractivity contribution in [3.63, 3.8) is 0 Å². The molecule has 2 aromatic carbocycles. The number of nitro groups is 1. The van der Waals surface area contributed by atoms with E-state index < -0.39 is 4.92 Å². The summed E-state index contributed by atoms with van der Waals surface area (Å²) in [4.78, 5) is 19.8. The minimum atomic E-state index is -0.454. The number of halogens is 2. The van der Waals surface area contributed by atoms with Gasteiger partial charge < -0.3 is 0 Å². The molecule has 0 fully saturated rings. The fourth-order valence-electron chi connectivity index (χ4n) is 2.35. The van der Waals surface area contributed by atoms with Crippen molar-refractivity contribution in [2.75, 3.05) is 0 Å². The molecule has 0 N–H and O–H groups in total. The summed E-state index contributed by atoms with van der Waals surface area (Å²) in [6.45, 7) is 1.92. The average Bonchev–Trinajstić information content (AvgIpc) is 2.53. The summed E-state index contributed by atoms with van der Waals surface area (Å²) in [5, 5.41) is 11.8. The smallest absolute Gasteiger partial charge is 0.258 e. The number of hydrogen-bond donors (Lipinski definition) is 0. The molecule has 1 heterocycles. The molecule has 116 valence electrons. The number of alkyl halides is 1. The lowest BCUT2D eigenvalue weighted by molar-refractivity contribution is -0.383. The molecule has 0 saturated carbocycles. The lowest BCUT2D eigenvalue weighted by Gasteiger charge is -2.12. The van der Waals surface area contributed by atoms with Crippen molar-refractivity contribution < 1.29 is 4.92 Å². The Hall–Kier alpha value is -2.05. The molecule has 5 nitrogen and oxygen atoms in total. The van der Waals surface area contributed by atoms with Crippen LogP contribution in [0.5, 0.6) is 0 Å². The minimum absolute atomic E-state index is 0.0721. The molecule has 0 spiro atoms. The average molecular weight is 393 g/mol. The Kier molecular flexibility index (Phi) is 4.28. The largest absolute Gasteiger partial charge is 0.297 e. The summed E-state index contributed by atoms with van der Waals surface area (Å²) < 4.78 is 0. The van der Waals surface area contributed by atoms with Gasteiger partial charge in [0.2, 0.25) is 0 Å². The van der Waals surface area contributed by atoms with Gasteiger partial charge in [-0.3, -0.25) is 10.1 Å². The van der Waals surface area contributed by atoms with Crippen LogP contribution < -0.4 is 0 Å². The molecule has 1 atom stereocenters. The lowest BCUT2D eigenvalue weighted by Crippen LogP contribution is -2.02. The highest BCUT2D eigenvalue weighted by Gasteiger charge is 2.21. The van der Waals surface area contributed by atoms with Gasteiger partial charge >= 0.3 is 0 Å². The van der Waals surface area contributed by atoms with E-state index in [0.29, 0.717) is 27.5 Å². The van der Waals surface area contributed by atoms with Crippen molar-refractivity contribution in [1.29, 1.82) is 0 Å². The number of benzene rings is 2. The van der Waals surface area contributed by atoms with Crippen LogP contribution in [0.15, 0.2) is 42.5 Å². The lowest BCUT2D eigenvalue weighted by atomic mass is 10.1. The second kappa shape index (κ2) is 6.22. The number of fused-ring (bicyclic) bond motifs is 1. The summed E-state index contributed by atoms with van der Waals surface area (Å²) in [5.41, 5.74) is 2.59. The van der Waals surface area contributed by atoms with Gasteiger partial charge in [-0.1, -0.05) is 51.8 Å². The summed E-state index contributed by atoms with van der Waals surface area (Å²) in [6, 6.07) is 12.0. The Bertz CT molecular complexity index is 915. The first-order valence-corrected chi connectivity index (χ1v) is 8.12. The molecule has 0 aliphatic carbocycles. The third kappa shape index (κ3) is 2.92. The summed E-state index contributed by atoms with van der Waals surface area (Å²) in [6.07, 6.45) is 0. The monoisotopic (exact) mass is 391 g/mol. The molecule has 23 heavy (non-hydrogen) atoms. The van der Waals surface area contributed by atoms with E-state index in [9.17, 15) is 10.1 Å². The van der Waals surface area contributed by atoms with Crippen molar-refractivity contribution >= 4 is 44.3 Å². The molecular weight excluding hydrogens is 382 g/mol. The van der Waals surface area contributed by atoms with Gasteiger partial charge in [0, 0.05) is 11.6 Å². The first-order chi connectivity index (χ1) is 11.0. The first-order valence-electron chi connectivity index (χ1n) is 6.83. The fourth-order valence-corrected chi connectivity index (χ4v) is 2.90. The van der Waals surface area contributed by atoms with E-state index in [1.165, 1.54) is 6.07 Å². The predicted molar refractivity (Wildman–Crippen MR) is 94.0 cm³/mol. The van der Waals surface area contributed by atoms with Gasteiger partial charge in [-0.2, -0.15) is 0 Å². The zero-order chi connectivity index (χ0) is 16.6. The predicted octanol–water partition coefficient (Wildman–Crippen LogP) is 5.31. The topological polar surface area (TPSA) is 68.9 Å². The number of nitro benzene ring substituents is 1. The zero-order valence-corrected chi connectivity index (χ0v) is 14.4. The van der Waals surface area contributed by atoms with Crippen LogP contribution in [-0.2, 0) is 0 Å². The Morgan fingerprint density at radius 2 is 1.91 bits per heavy atom. The molecule has 0 saturated heterocycles. The summed E-state index contributed by atoms with van der Waals surface area (Å²) in [5.74, 6) is 0. The van der Waals surface area contributed by atoms with E-state index in [2.05, 4.69) is 25.9 Å². The Labute approximate surface area is 145 Å². The highest BCUT2D eigenvalue weighted by atomic mass is 79.9. The summed E-state index contributed by atoms with van der Waals surface area (Å²) in [7, 11) is 0. The minimum Gasteiger partial charge on any atom is -0.258 e. The van der Waals surface area contributed by atoms with Crippen LogP contribution in [-0.4, -0.2) is 14.9 Å². The van der Waals surface area contributed by atoms with Crippen molar-refractivity contribution in [3.8, 4) is 11.3 Å². The first kappa shape index (κ1) is 15.8. The Morgan fingerprint density at radius 3 is 2.57 bits per heavy atom. The Balaban J connectivity index is 2.39. The maximum absolute atomic E-state index is 11.3. The van der Waals surface area contributed by atoms with Crippen molar-refractivity contribution in [2.24, 2.45) is 0 Å². The molecule has 1 aromatic heterocycles. The fraction of sp³-hybridized carbons (Fsp3) is 0.125. The van der Waals surface area contributed by atoms with Gasteiger partial charge in [0.1, 0.15) is 0 Å². The molecule has 1 unspecified atom stereocenters. The van der Waals surface area contributed by atoms with Crippen LogP contribution in [0.1, 0.15) is 17.4 Å². The van der Waals surface area contributed by atoms with Crippen LogP contribution in [0.25, 0.3) is 22.3 Å². The van der Waals surface area contributed by atoms with Gasteiger partial charge in [-0.15, -0.1) is 0 Å². The van der Waals surface area contributed by atoms with Crippen LogP contribution in [0.2, 0.25) is 5.02 Å². The number of aromatic nitrogens is 2.